The van der Waals surface area contributed by atoms with Gasteiger partial charge in [0, 0.05) is 16.6 Å². The van der Waals surface area contributed by atoms with Crippen molar-refractivity contribution in [2.75, 3.05) is 6.54 Å². The minimum atomic E-state index is 0.798. The number of hydrogen-bond acceptors (Lipinski definition) is 2. The van der Waals surface area contributed by atoms with E-state index >= 15 is 0 Å². The van der Waals surface area contributed by atoms with Crippen molar-refractivity contribution in [1.82, 2.24) is 5.32 Å². The van der Waals surface area contributed by atoms with Crippen LogP contribution in [0, 0.1) is 6.92 Å². The van der Waals surface area contributed by atoms with Crippen LogP contribution in [0.3, 0.4) is 0 Å². The molecule has 2 rings (SSSR count). The lowest BCUT2D eigenvalue weighted by molar-refractivity contribution is 0.469. The lowest BCUT2D eigenvalue weighted by Gasteiger charge is -2.14. The zero-order valence-corrected chi connectivity index (χ0v) is 15.4. The van der Waals surface area contributed by atoms with E-state index in [1.54, 1.807) is 0 Å². The second kappa shape index (κ2) is 7.97. The third-order valence-electron chi connectivity index (χ3n) is 3.07. The van der Waals surface area contributed by atoms with Gasteiger partial charge in [-0.1, -0.05) is 28.9 Å². The fourth-order valence-electron chi connectivity index (χ4n) is 1.99. The first-order chi connectivity index (χ1) is 10.1. The first-order valence-electron chi connectivity index (χ1n) is 7.03. The third-order valence-corrected chi connectivity index (χ3v) is 4.19. The molecule has 2 aromatic rings. The molecule has 112 valence electrons. The molecule has 0 saturated carbocycles. The van der Waals surface area contributed by atoms with Gasteiger partial charge in [-0.15, -0.1) is 0 Å². The molecule has 0 fully saturated rings. The van der Waals surface area contributed by atoms with Crippen molar-refractivity contribution in [2.24, 2.45) is 0 Å². The molecule has 2 aromatic carbocycles. The van der Waals surface area contributed by atoms with Crippen molar-refractivity contribution in [3.8, 4) is 11.5 Å². The summed E-state index contributed by atoms with van der Waals surface area (Å²) in [5, 5.41) is 3.42. The minimum Gasteiger partial charge on any atom is -0.456 e. The molecule has 0 saturated heterocycles. The van der Waals surface area contributed by atoms with Crippen LogP contribution in [0.25, 0.3) is 0 Å². The summed E-state index contributed by atoms with van der Waals surface area (Å²) < 4.78 is 8.10. The largest absolute Gasteiger partial charge is 0.456 e. The summed E-state index contributed by atoms with van der Waals surface area (Å²) >= 11 is 7.08. The number of hydrogen-bond donors (Lipinski definition) is 1. The Morgan fingerprint density at radius 1 is 1.05 bits per heavy atom. The third kappa shape index (κ3) is 4.83. The summed E-state index contributed by atoms with van der Waals surface area (Å²) in [6.07, 6.45) is 1.12. The molecular weight excluding hydrogens is 394 g/mol. The maximum Gasteiger partial charge on any atom is 0.141 e. The highest BCUT2D eigenvalue weighted by molar-refractivity contribution is 9.10. The minimum absolute atomic E-state index is 0.798. The molecule has 0 unspecified atom stereocenters. The van der Waals surface area contributed by atoms with E-state index in [4.69, 9.17) is 4.74 Å². The van der Waals surface area contributed by atoms with Crippen LogP contribution in [-0.2, 0) is 6.54 Å². The second-order valence-corrected chi connectivity index (χ2v) is 6.73. The Morgan fingerprint density at radius 2 is 1.81 bits per heavy atom. The predicted molar refractivity (Wildman–Crippen MR) is 95.1 cm³/mol. The van der Waals surface area contributed by atoms with Crippen LogP contribution in [0.2, 0.25) is 0 Å². The molecule has 4 heteroatoms. The fourth-order valence-corrected chi connectivity index (χ4v) is 2.98. The average molecular weight is 413 g/mol. The molecule has 21 heavy (non-hydrogen) atoms. The zero-order valence-electron chi connectivity index (χ0n) is 12.2. The van der Waals surface area contributed by atoms with Crippen LogP contribution >= 0.6 is 31.9 Å². The average Bonchev–Trinajstić information content (AvgIpc) is 2.44. The topological polar surface area (TPSA) is 21.3 Å². The molecule has 0 spiro atoms. The van der Waals surface area contributed by atoms with Gasteiger partial charge in [0.05, 0.1) is 4.47 Å². The standard InChI is InChI=1S/C17H19Br2NO/c1-3-8-20-11-13-10-14(18)5-7-16(13)21-17-6-4-12(2)9-15(17)19/h4-7,9-10,20H,3,8,11H2,1-2H3. The highest BCUT2D eigenvalue weighted by Crippen LogP contribution is 2.33. The van der Waals surface area contributed by atoms with Crippen LogP contribution in [-0.4, -0.2) is 6.54 Å². The number of rotatable bonds is 6. The number of halogens is 2. The van der Waals surface area contributed by atoms with Crippen molar-refractivity contribution in [2.45, 2.75) is 26.8 Å². The predicted octanol–water partition coefficient (Wildman–Crippen LogP) is 5.81. The van der Waals surface area contributed by atoms with E-state index in [0.29, 0.717) is 0 Å². The Morgan fingerprint density at radius 3 is 2.52 bits per heavy atom. The van der Waals surface area contributed by atoms with Crippen molar-refractivity contribution >= 4 is 31.9 Å². The van der Waals surface area contributed by atoms with Gasteiger partial charge in [0.15, 0.2) is 0 Å². The van der Waals surface area contributed by atoms with Gasteiger partial charge in [0.25, 0.3) is 0 Å². The maximum atomic E-state index is 6.07. The van der Waals surface area contributed by atoms with E-state index in [-0.39, 0.29) is 0 Å². The Bertz CT molecular complexity index is 614. The number of nitrogens with one attached hydrogen (secondary N) is 1. The number of aryl methyl sites for hydroxylation is 1. The monoisotopic (exact) mass is 411 g/mol. The van der Waals surface area contributed by atoms with Crippen LogP contribution in [0.4, 0.5) is 0 Å². The van der Waals surface area contributed by atoms with Crippen LogP contribution in [0.15, 0.2) is 45.3 Å². The molecule has 0 aromatic heterocycles. The Kier molecular flexibility index (Phi) is 6.27. The van der Waals surface area contributed by atoms with Gasteiger partial charge in [-0.05, 0) is 71.7 Å². The first-order valence-corrected chi connectivity index (χ1v) is 8.62. The Labute approximate surface area is 143 Å². The quantitative estimate of drug-likeness (QED) is 0.604. The molecule has 0 aliphatic heterocycles. The summed E-state index contributed by atoms with van der Waals surface area (Å²) in [5.41, 5.74) is 2.35. The molecule has 0 aliphatic rings. The van der Waals surface area contributed by atoms with Crippen molar-refractivity contribution in [3.05, 3.63) is 56.5 Å². The summed E-state index contributed by atoms with van der Waals surface area (Å²) in [5.74, 6) is 1.71. The van der Waals surface area contributed by atoms with E-state index in [2.05, 4.69) is 63.2 Å². The fraction of sp³-hybridized carbons (Fsp3) is 0.294. The molecular formula is C17H19Br2NO. The normalized spacial score (nSPS) is 10.7. The molecule has 0 bridgehead atoms. The zero-order chi connectivity index (χ0) is 15.2. The van der Waals surface area contributed by atoms with Crippen molar-refractivity contribution in [1.29, 1.82) is 0 Å². The van der Waals surface area contributed by atoms with Crippen LogP contribution in [0.1, 0.15) is 24.5 Å². The lowest BCUT2D eigenvalue weighted by atomic mass is 10.2. The summed E-state index contributed by atoms with van der Waals surface area (Å²) in [6, 6.07) is 12.2. The van der Waals surface area contributed by atoms with E-state index in [1.165, 1.54) is 5.56 Å². The maximum absolute atomic E-state index is 6.07. The summed E-state index contributed by atoms with van der Waals surface area (Å²) in [7, 11) is 0. The summed E-state index contributed by atoms with van der Waals surface area (Å²) in [4.78, 5) is 0. The van der Waals surface area contributed by atoms with Gasteiger partial charge < -0.3 is 10.1 Å². The van der Waals surface area contributed by atoms with Gasteiger partial charge in [-0.3, -0.25) is 0 Å². The van der Waals surface area contributed by atoms with Gasteiger partial charge in [0.1, 0.15) is 11.5 Å². The first kappa shape index (κ1) is 16.5. The molecule has 2 nitrogen and oxygen atoms in total. The molecule has 0 aliphatic carbocycles. The van der Waals surface area contributed by atoms with Crippen LogP contribution < -0.4 is 10.1 Å². The van der Waals surface area contributed by atoms with E-state index in [0.717, 1.165) is 45.5 Å². The van der Waals surface area contributed by atoms with Crippen molar-refractivity contribution in [3.63, 3.8) is 0 Å². The Hall–Kier alpha value is -0.840. The molecule has 0 amide bonds. The van der Waals surface area contributed by atoms with E-state index in [1.807, 2.05) is 24.3 Å². The summed E-state index contributed by atoms with van der Waals surface area (Å²) in [6.45, 7) is 6.02. The van der Waals surface area contributed by atoms with Gasteiger partial charge in [0.2, 0.25) is 0 Å². The Balaban J connectivity index is 2.22. The molecule has 0 atom stereocenters. The SMILES string of the molecule is CCCNCc1cc(Br)ccc1Oc1ccc(C)cc1Br. The van der Waals surface area contributed by atoms with E-state index in [9.17, 15) is 0 Å². The van der Waals surface area contributed by atoms with Crippen molar-refractivity contribution < 1.29 is 4.74 Å². The smallest absolute Gasteiger partial charge is 0.141 e. The molecule has 0 heterocycles. The second-order valence-electron chi connectivity index (χ2n) is 4.96. The van der Waals surface area contributed by atoms with Gasteiger partial charge >= 0.3 is 0 Å². The highest BCUT2D eigenvalue weighted by atomic mass is 79.9. The number of benzene rings is 2. The number of ether oxygens (including phenoxy) is 1. The molecule has 1 N–H and O–H groups in total. The highest BCUT2D eigenvalue weighted by Gasteiger charge is 2.08. The lowest BCUT2D eigenvalue weighted by Crippen LogP contribution is -2.14. The van der Waals surface area contributed by atoms with Gasteiger partial charge in [-0.2, -0.15) is 0 Å². The molecule has 0 radical (unpaired) electrons. The van der Waals surface area contributed by atoms with Gasteiger partial charge in [-0.25, -0.2) is 0 Å². The van der Waals surface area contributed by atoms with E-state index < -0.39 is 0 Å². The van der Waals surface area contributed by atoms with Crippen LogP contribution in [0.5, 0.6) is 11.5 Å².